The van der Waals surface area contributed by atoms with Gasteiger partial charge in [-0.3, -0.25) is 0 Å². The predicted octanol–water partition coefficient (Wildman–Crippen LogP) is 6.58. The normalized spacial score (nSPS) is 17.4. The second kappa shape index (κ2) is 11.0. The molecule has 192 valence electrons. The van der Waals surface area contributed by atoms with Gasteiger partial charge in [0.25, 0.3) is 0 Å². The molecule has 1 fully saturated rings. The zero-order valence-corrected chi connectivity index (χ0v) is 24.1. The Bertz CT molecular complexity index is 1140. The molecule has 0 N–H and O–H groups in total. The van der Waals surface area contributed by atoms with Crippen LogP contribution < -0.4 is 9.54 Å². The molecule has 1 atom stereocenters. The molecule has 35 heavy (non-hydrogen) atoms. The molecular weight excluding hydrogens is 502 g/mol. The zero-order valence-electron chi connectivity index (χ0n) is 21.7. The van der Waals surface area contributed by atoms with E-state index in [9.17, 15) is 4.79 Å². The summed E-state index contributed by atoms with van der Waals surface area (Å²) in [4.78, 5) is 22.1. The van der Waals surface area contributed by atoms with Gasteiger partial charge in [0, 0.05) is 29.2 Å². The van der Waals surface area contributed by atoms with E-state index in [1.54, 1.807) is 36.6 Å². The van der Waals surface area contributed by atoms with Crippen molar-refractivity contribution in [2.24, 2.45) is 4.99 Å². The SMILES string of the molecule is COc1ccc(Cl)cc1C(=S)N=c1sc(C(C)(C)C)cn1CC1CCCCN1C(=O)OC(C)(C)C. The van der Waals surface area contributed by atoms with Crippen molar-refractivity contribution in [3.63, 3.8) is 0 Å². The molecule has 0 spiro atoms. The van der Waals surface area contributed by atoms with Gasteiger partial charge in [-0.1, -0.05) is 44.6 Å². The van der Waals surface area contributed by atoms with E-state index in [1.807, 2.05) is 25.7 Å². The number of carbonyl (C=O) groups is 1. The van der Waals surface area contributed by atoms with Crippen LogP contribution in [0.3, 0.4) is 0 Å². The lowest BCUT2D eigenvalue weighted by Gasteiger charge is -2.37. The number of piperidine rings is 1. The number of nitrogens with zero attached hydrogens (tertiary/aromatic N) is 3. The predicted molar refractivity (Wildman–Crippen MR) is 147 cm³/mol. The molecule has 1 unspecified atom stereocenters. The van der Waals surface area contributed by atoms with Crippen molar-refractivity contribution in [3.05, 3.63) is 44.7 Å². The van der Waals surface area contributed by atoms with Crippen LogP contribution in [0.4, 0.5) is 4.79 Å². The molecule has 2 heterocycles. The van der Waals surface area contributed by atoms with Crippen molar-refractivity contribution in [2.75, 3.05) is 13.7 Å². The van der Waals surface area contributed by atoms with Crippen molar-refractivity contribution < 1.29 is 14.3 Å². The van der Waals surface area contributed by atoms with Crippen molar-refractivity contribution in [1.82, 2.24) is 9.47 Å². The summed E-state index contributed by atoms with van der Waals surface area (Å²) < 4.78 is 13.3. The highest BCUT2D eigenvalue weighted by atomic mass is 35.5. The van der Waals surface area contributed by atoms with Crippen LogP contribution in [-0.4, -0.2) is 45.8 Å². The maximum absolute atomic E-state index is 13.0. The van der Waals surface area contributed by atoms with Crippen LogP contribution in [0.2, 0.25) is 5.02 Å². The number of carbonyl (C=O) groups excluding carboxylic acids is 1. The largest absolute Gasteiger partial charge is 0.496 e. The topological polar surface area (TPSA) is 56.1 Å². The fraction of sp³-hybridized carbons (Fsp3) is 0.577. The Balaban J connectivity index is 1.99. The standard InChI is InChI=1S/C26H36ClN3O3S2/c1-25(2,3)21-16-29(15-18-10-8-9-13-30(18)24(31)33-26(4,5)6)23(35-21)28-22(34)19-14-17(27)11-12-20(19)32-7/h11-12,14,16,18H,8-10,13,15H2,1-7H3. The smallest absolute Gasteiger partial charge is 0.410 e. The van der Waals surface area contributed by atoms with E-state index in [0.29, 0.717) is 34.4 Å². The first-order chi connectivity index (χ1) is 16.3. The second-order valence-corrected chi connectivity index (χ2v) is 12.7. The lowest BCUT2D eigenvalue weighted by molar-refractivity contribution is 0.00771. The van der Waals surface area contributed by atoms with Crippen molar-refractivity contribution in [1.29, 1.82) is 0 Å². The summed E-state index contributed by atoms with van der Waals surface area (Å²) in [5.41, 5.74) is 0.101. The minimum atomic E-state index is -0.531. The third kappa shape index (κ3) is 7.30. The van der Waals surface area contributed by atoms with Gasteiger partial charge in [0.1, 0.15) is 16.3 Å². The average molecular weight is 538 g/mol. The minimum absolute atomic E-state index is 0.0224. The van der Waals surface area contributed by atoms with E-state index < -0.39 is 5.60 Å². The van der Waals surface area contributed by atoms with E-state index in [0.717, 1.165) is 24.1 Å². The maximum Gasteiger partial charge on any atom is 0.410 e. The molecule has 9 heteroatoms. The highest BCUT2D eigenvalue weighted by molar-refractivity contribution is 7.80. The molecule has 0 aliphatic carbocycles. The summed E-state index contributed by atoms with van der Waals surface area (Å²) in [7, 11) is 1.60. The fourth-order valence-electron chi connectivity index (χ4n) is 3.92. The van der Waals surface area contributed by atoms with Gasteiger partial charge in [-0.05, 0) is 63.6 Å². The molecule has 1 saturated heterocycles. The number of hydrogen-bond donors (Lipinski definition) is 0. The number of aromatic nitrogens is 1. The Kier molecular flexibility index (Phi) is 8.71. The number of thiocarbonyl (C=S) groups is 1. The zero-order chi connectivity index (χ0) is 26.0. The van der Waals surface area contributed by atoms with E-state index in [4.69, 9.17) is 38.3 Å². The van der Waals surface area contributed by atoms with Crippen LogP contribution in [0.15, 0.2) is 29.4 Å². The molecule has 6 nitrogen and oxygen atoms in total. The number of ether oxygens (including phenoxy) is 2. The molecule has 1 aromatic carbocycles. The summed E-state index contributed by atoms with van der Waals surface area (Å²) in [5, 5.41) is 0.572. The van der Waals surface area contributed by atoms with Crippen LogP contribution in [0.5, 0.6) is 5.75 Å². The number of methoxy groups -OCH3 is 1. The Morgan fingerprint density at radius 3 is 2.57 bits per heavy atom. The van der Waals surface area contributed by atoms with Crippen molar-refractivity contribution >= 4 is 46.2 Å². The summed E-state index contributed by atoms with van der Waals surface area (Å²) in [5.74, 6) is 0.630. The lowest BCUT2D eigenvalue weighted by Crippen LogP contribution is -2.48. The Labute approximate surface area is 222 Å². The molecule has 2 aromatic rings. The number of amides is 1. The number of halogens is 1. The van der Waals surface area contributed by atoms with Gasteiger partial charge in [0.2, 0.25) is 0 Å². The van der Waals surface area contributed by atoms with Crippen LogP contribution in [0.1, 0.15) is 71.2 Å². The number of benzene rings is 1. The minimum Gasteiger partial charge on any atom is -0.496 e. The molecule has 1 amide bonds. The van der Waals surface area contributed by atoms with Gasteiger partial charge < -0.3 is 18.9 Å². The Morgan fingerprint density at radius 2 is 1.94 bits per heavy atom. The van der Waals surface area contributed by atoms with E-state index in [-0.39, 0.29) is 17.6 Å². The quantitative estimate of drug-likeness (QED) is 0.413. The van der Waals surface area contributed by atoms with Crippen LogP contribution in [0, 0.1) is 0 Å². The van der Waals surface area contributed by atoms with E-state index >= 15 is 0 Å². The molecule has 0 radical (unpaired) electrons. The number of rotatable bonds is 4. The third-order valence-electron chi connectivity index (χ3n) is 5.71. The van der Waals surface area contributed by atoms with Gasteiger partial charge >= 0.3 is 6.09 Å². The van der Waals surface area contributed by atoms with Gasteiger partial charge in [-0.15, -0.1) is 11.3 Å². The maximum atomic E-state index is 13.0. The highest BCUT2D eigenvalue weighted by Gasteiger charge is 2.31. The summed E-state index contributed by atoms with van der Waals surface area (Å²) in [6.45, 7) is 13.6. The van der Waals surface area contributed by atoms with Crippen molar-refractivity contribution in [3.8, 4) is 5.75 Å². The first-order valence-electron chi connectivity index (χ1n) is 11.9. The summed E-state index contributed by atoms with van der Waals surface area (Å²) in [6, 6.07) is 5.36. The van der Waals surface area contributed by atoms with Gasteiger partial charge in [0.05, 0.1) is 18.7 Å². The lowest BCUT2D eigenvalue weighted by atomic mass is 9.95. The Morgan fingerprint density at radius 1 is 1.23 bits per heavy atom. The first-order valence-corrected chi connectivity index (χ1v) is 13.5. The van der Waals surface area contributed by atoms with Crippen LogP contribution in [0.25, 0.3) is 0 Å². The summed E-state index contributed by atoms with van der Waals surface area (Å²) >= 11 is 13.6. The average Bonchev–Trinajstić information content (AvgIpc) is 3.15. The van der Waals surface area contributed by atoms with Gasteiger partial charge in [-0.25, -0.2) is 9.79 Å². The number of thiazole rings is 1. The summed E-state index contributed by atoms with van der Waals surface area (Å²) in [6.07, 6.45) is 4.85. The van der Waals surface area contributed by atoms with Crippen LogP contribution >= 0.6 is 35.2 Å². The van der Waals surface area contributed by atoms with E-state index in [1.165, 1.54) is 4.88 Å². The van der Waals surface area contributed by atoms with E-state index in [2.05, 4.69) is 31.5 Å². The highest BCUT2D eigenvalue weighted by Crippen LogP contribution is 2.27. The van der Waals surface area contributed by atoms with Crippen LogP contribution in [-0.2, 0) is 16.7 Å². The monoisotopic (exact) mass is 537 g/mol. The molecule has 1 aliphatic rings. The fourth-order valence-corrected chi connectivity index (χ4v) is 5.46. The van der Waals surface area contributed by atoms with Crippen molar-refractivity contribution in [2.45, 2.75) is 84.4 Å². The molecule has 1 aromatic heterocycles. The molecule has 0 saturated carbocycles. The van der Waals surface area contributed by atoms with Gasteiger partial charge in [0.15, 0.2) is 4.80 Å². The molecular formula is C26H36ClN3O3S2. The van der Waals surface area contributed by atoms with Gasteiger partial charge in [-0.2, -0.15) is 0 Å². The number of likely N-dealkylation sites (tertiary alicyclic amines) is 1. The molecule has 0 bridgehead atoms. The second-order valence-electron chi connectivity index (χ2n) is 10.9. The first kappa shape index (κ1) is 27.7. The molecule has 1 aliphatic heterocycles. The Hall–Kier alpha value is -1.90. The molecule has 3 rings (SSSR count). The number of hydrogen-bond acceptors (Lipinski definition) is 5. The third-order valence-corrected chi connectivity index (χ3v) is 7.70.